The van der Waals surface area contributed by atoms with Crippen molar-refractivity contribution in [2.24, 2.45) is 0 Å². The monoisotopic (exact) mass is 305 g/mol. The molecule has 0 saturated carbocycles. The van der Waals surface area contributed by atoms with Crippen molar-refractivity contribution in [3.8, 4) is 0 Å². The molecule has 6 nitrogen and oxygen atoms in total. The maximum absolute atomic E-state index is 12.1. The number of piperidine rings is 1. The number of methoxy groups -OCH3 is 1. The van der Waals surface area contributed by atoms with Crippen LogP contribution < -0.4 is 0 Å². The summed E-state index contributed by atoms with van der Waals surface area (Å²) in [5, 5.41) is 0. The average molecular weight is 305 g/mol. The van der Waals surface area contributed by atoms with E-state index >= 15 is 0 Å². The number of likely N-dealkylation sites (tertiary alicyclic amines) is 1. The van der Waals surface area contributed by atoms with Gasteiger partial charge in [-0.3, -0.25) is 4.79 Å². The van der Waals surface area contributed by atoms with E-state index < -0.39 is 11.9 Å². The number of carbonyl (C=O) groups excluding carboxylic acids is 3. The fourth-order valence-corrected chi connectivity index (χ4v) is 2.39. The Hall–Kier alpha value is -2.37. The summed E-state index contributed by atoms with van der Waals surface area (Å²) in [6, 6.07) is 6.20. The Morgan fingerprint density at radius 3 is 2.18 bits per heavy atom. The van der Waals surface area contributed by atoms with Gasteiger partial charge in [-0.25, -0.2) is 9.59 Å². The van der Waals surface area contributed by atoms with Crippen molar-refractivity contribution < 1.29 is 23.9 Å². The lowest BCUT2D eigenvalue weighted by atomic mass is 10.1. The van der Waals surface area contributed by atoms with E-state index in [1.807, 2.05) is 0 Å². The molecule has 1 fully saturated rings. The minimum absolute atomic E-state index is 0.0980. The maximum atomic E-state index is 12.1. The van der Waals surface area contributed by atoms with Gasteiger partial charge in [-0.2, -0.15) is 0 Å². The van der Waals surface area contributed by atoms with Crippen LogP contribution >= 0.6 is 0 Å². The molecule has 22 heavy (non-hydrogen) atoms. The normalized spacial score (nSPS) is 14.3. The Bertz CT molecular complexity index is 563. The first kappa shape index (κ1) is 16.0. The van der Waals surface area contributed by atoms with Gasteiger partial charge in [0.2, 0.25) is 0 Å². The van der Waals surface area contributed by atoms with Crippen molar-refractivity contribution in [3.63, 3.8) is 0 Å². The molecule has 0 atom stereocenters. The summed E-state index contributed by atoms with van der Waals surface area (Å²) in [5.41, 5.74) is 0.223. The van der Waals surface area contributed by atoms with Crippen LogP contribution in [0.2, 0.25) is 0 Å². The van der Waals surface area contributed by atoms with Gasteiger partial charge in [0.25, 0.3) is 5.91 Å². The van der Waals surface area contributed by atoms with Gasteiger partial charge in [0.05, 0.1) is 18.2 Å². The third-order valence-corrected chi connectivity index (χ3v) is 3.59. The molecule has 118 valence electrons. The molecule has 1 aliphatic rings. The highest BCUT2D eigenvalue weighted by Crippen LogP contribution is 2.13. The molecule has 0 spiro atoms. The number of benzene rings is 1. The highest BCUT2D eigenvalue weighted by molar-refractivity contribution is 6.03. The van der Waals surface area contributed by atoms with Gasteiger partial charge < -0.3 is 14.4 Å². The zero-order valence-corrected chi connectivity index (χ0v) is 12.5. The first-order valence-corrected chi connectivity index (χ1v) is 7.25. The molecule has 6 heteroatoms. The topological polar surface area (TPSA) is 72.9 Å². The summed E-state index contributed by atoms with van der Waals surface area (Å²) in [5.74, 6) is -1.52. The van der Waals surface area contributed by atoms with Crippen molar-refractivity contribution in [2.75, 3.05) is 26.8 Å². The molecule has 1 amide bonds. The number of carbonyl (C=O) groups is 3. The molecule has 0 aromatic heterocycles. The summed E-state index contributed by atoms with van der Waals surface area (Å²) < 4.78 is 9.67. The number of ether oxygens (including phenoxy) is 2. The Morgan fingerprint density at radius 2 is 1.59 bits per heavy atom. The van der Waals surface area contributed by atoms with Gasteiger partial charge in [0.15, 0.2) is 6.61 Å². The molecule has 0 bridgehead atoms. The van der Waals surface area contributed by atoms with E-state index in [9.17, 15) is 14.4 Å². The largest absolute Gasteiger partial charge is 0.465 e. The second-order valence-electron chi connectivity index (χ2n) is 5.05. The van der Waals surface area contributed by atoms with Crippen molar-refractivity contribution in [2.45, 2.75) is 19.3 Å². The highest BCUT2D eigenvalue weighted by atomic mass is 16.5. The van der Waals surface area contributed by atoms with Crippen molar-refractivity contribution in [1.82, 2.24) is 4.90 Å². The molecule has 0 N–H and O–H groups in total. The predicted molar refractivity (Wildman–Crippen MR) is 78.5 cm³/mol. The number of hydrogen-bond donors (Lipinski definition) is 0. The van der Waals surface area contributed by atoms with Crippen LogP contribution in [-0.4, -0.2) is 49.6 Å². The second kappa shape index (κ2) is 7.59. The third-order valence-electron chi connectivity index (χ3n) is 3.59. The SMILES string of the molecule is COC(=O)c1ccccc1C(=O)OCC(=O)N1CCCCC1. The summed E-state index contributed by atoms with van der Waals surface area (Å²) in [4.78, 5) is 37.4. The number of nitrogens with zero attached hydrogens (tertiary/aromatic N) is 1. The zero-order valence-electron chi connectivity index (χ0n) is 12.5. The van der Waals surface area contributed by atoms with Gasteiger partial charge in [-0.15, -0.1) is 0 Å². The number of amides is 1. The Morgan fingerprint density at radius 1 is 1.00 bits per heavy atom. The number of hydrogen-bond acceptors (Lipinski definition) is 5. The van der Waals surface area contributed by atoms with Crippen LogP contribution in [0.4, 0.5) is 0 Å². The quantitative estimate of drug-likeness (QED) is 0.791. The van der Waals surface area contributed by atoms with Crippen molar-refractivity contribution in [3.05, 3.63) is 35.4 Å². The second-order valence-corrected chi connectivity index (χ2v) is 5.05. The van der Waals surface area contributed by atoms with Crippen LogP contribution in [0.15, 0.2) is 24.3 Å². The van der Waals surface area contributed by atoms with E-state index in [0.717, 1.165) is 19.3 Å². The Balaban J connectivity index is 1.97. The molecule has 2 rings (SSSR count). The summed E-state index contributed by atoms with van der Waals surface area (Å²) >= 11 is 0. The van der Waals surface area contributed by atoms with Crippen LogP contribution in [0, 0.1) is 0 Å². The van der Waals surface area contributed by atoms with E-state index in [4.69, 9.17) is 4.74 Å². The Kier molecular flexibility index (Phi) is 5.52. The highest BCUT2D eigenvalue weighted by Gasteiger charge is 2.21. The van der Waals surface area contributed by atoms with E-state index in [0.29, 0.717) is 13.1 Å². The van der Waals surface area contributed by atoms with E-state index in [1.165, 1.54) is 19.2 Å². The van der Waals surface area contributed by atoms with Gasteiger partial charge >= 0.3 is 11.9 Å². The molecule has 1 aromatic rings. The average Bonchev–Trinajstić information content (AvgIpc) is 2.59. The van der Waals surface area contributed by atoms with Crippen molar-refractivity contribution in [1.29, 1.82) is 0 Å². The standard InChI is InChI=1S/C16H19NO5/c1-21-15(19)12-7-3-4-8-13(12)16(20)22-11-14(18)17-9-5-2-6-10-17/h3-4,7-8H,2,5-6,9-11H2,1H3. The first-order chi connectivity index (χ1) is 10.6. The first-order valence-electron chi connectivity index (χ1n) is 7.25. The minimum Gasteiger partial charge on any atom is -0.465 e. The maximum Gasteiger partial charge on any atom is 0.339 e. The van der Waals surface area contributed by atoms with Crippen LogP contribution in [0.5, 0.6) is 0 Å². The lowest BCUT2D eigenvalue weighted by molar-refractivity contribution is -0.135. The van der Waals surface area contributed by atoms with Gasteiger partial charge in [-0.1, -0.05) is 12.1 Å². The number of esters is 2. The summed E-state index contributed by atoms with van der Waals surface area (Å²) in [7, 11) is 1.24. The van der Waals surface area contributed by atoms with E-state index in [-0.39, 0.29) is 23.6 Å². The van der Waals surface area contributed by atoms with Gasteiger partial charge in [-0.05, 0) is 31.4 Å². The molecule has 1 aliphatic heterocycles. The van der Waals surface area contributed by atoms with Crippen LogP contribution in [-0.2, 0) is 14.3 Å². The fraction of sp³-hybridized carbons (Fsp3) is 0.438. The lowest BCUT2D eigenvalue weighted by Crippen LogP contribution is -2.38. The van der Waals surface area contributed by atoms with E-state index in [2.05, 4.69) is 4.74 Å². The molecule has 0 aliphatic carbocycles. The molecular formula is C16H19NO5. The molecule has 1 saturated heterocycles. The lowest BCUT2D eigenvalue weighted by Gasteiger charge is -2.26. The zero-order chi connectivity index (χ0) is 15.9. The summed E-state index contributed by atoms with van der Waals surface area (Å²) in [6.45, 7) is 1.10. The molecule has 0 unspecified atom stereocenters. The van der Waals surface area contributed by atoms with Crippen LogP contribution in [0.3, 0.4) is 0 Å². The van der Waals surface area contributed by atoms with Crippen LogP contribution in [0.1, 0.15) is 40.0 Å². The van der Waals surface area contributed by atoms with E-state index in [1.54, 1.807) is 17.0 Å². The molecule has 1 aromatic carbocycles. The fourth-order valence-electron chi connectivity index (χ4n) is 2.39. The van der Waals surface area contributed by atoms with Gasteiger partial charge in [0, 0.05) is 13.1 Å². The third kappa shape index (κ3) is 3.84. The minimum atomic E-state index is -0.702. The molecule has 0 radical (unpaired) electrons. The Labute approximate surface area is 129 Å². The predicted octanol–water partition coefficient (Wildman–Crippen LogP) is 1.64. The summed E-state index contributed by atoms with van der Waals surface area (Å²) in [6.07, 6.45) is 3.08. The van der Waals surface area contributed by atoms with Crippen LogP contribution in [0.25, 0.3) is 0 Å². The number of rotatable bonds is 4. The van der Waals surface area contributed by atoms with Gasteiger partial charge in [0.1, 0.15) is 0 Å². The van der Waals surface area contributed by atoms with Crippen molar-refractivity contribution >= 4 is 17.8 Å². The smallest absolute Gasteiger partial charge is 0.339 e. The molecular weight excluding hydrogens is 286 g/mol. The molecule has 1 heterocycles.